The highest BCUT2D eigenvalue weighted by Crippen LogP contribution is 2.04. The van der Waals surface area contributed by atoms with Crippen LogP contribution in [0.3, 0.4) is 0 Å². The molecule has 5 heteroatoms. The van der Waals surface area contributed by atoms with Crippen LogP contribution >= 0.6 is 28.1 Å². The summed E-state index contributed by atoms with van der Waals surface area (Å²) in [5.74, 6) is 0. The van der Waals surface area contributed by atoms with E-state index in [-0.39, 0.29) is 12.1 Å². The minimum atomic E-state index is -0.106. The van der Waals surface area contributed by atoms with Gasteiger partial charge in [-0.2, -0.15) is 0 Å². The molecule has 3 nitrogen and oxygen atoms in total. The van der Waals surface area contributed by atoms with Gasteiger partial charge in [0.05, 0.1) is 11.5 Å². The molecule has 0 aliphatic rings. The number of hydrogen-bond donors (Lipinski definition) is 1. The van der Waals surface area contributed by atoms with Crippen LogP contribution in [0, 0.1) is 0 Å². The number of hydrogen-bond acceptors (Lipinski definition) is 2. The molecule has 0 spiro atoms. The normalized spacial score (nSPS) is 9.75. The lowest BCUT2D eigenvalue weighted by molar-refractivity contribution is 0.804. The Morgan fingerprint density at radius 1 is 1.67 bits per heavy atom. The quantitative estimate of drug-likeness (QED) is 0.790. The van der Waals surface area contributed by atoms with Gasteiger partial charge in [-0.25, -0.2) is 0 Å². The summed E-state index contributed by atoms with van der Waals surface area (Å²) in [6.45, 7) is 0.285. The van der Waals surface area contributed by atoms with Gasteiger partial charge in [0.15, 0.2) is 0 Å². The maximum Gasteiger partial charge on any atom is 0.250 e. The second kappa shape index (κ2) is 3.82. The molecule has 0 unspecified atom stereocenters. The fourth-order valence-corrected chi connectivity index (χ4v) is 1.31. The number of pyridine rings is 1. The van der Waals surface area contributed by atoms with Gasteiger partial charge in [0, 0.05) is 16.7 Å². The predicted octanol–water partition coefficient (Wildman–Crippen LogP) is 0.897. The van der Waals surface area contributed by atoms with Crippen LogP contribution in [0.4, 0.5) is 0 Å². The molecule has 64 valence electrons. The number of aromatic nitrogens is 1. The number of nitrogens with two attached hydrogens (primary N) is 1. The van der Waals surface area contributed by atoms with Crippen molar-refractivity contribution in [1.82, 2.24) is 4.57 Å². The van der Waals surface area contributed by atoms with Crippen LogP contribution in [0.5, 0.6) is 0 Å². The van der Waals surface area contributed by atoms with Crippen molar-refractivity contribution in [3.8, 4) is 0 Å². The van der Waals surface area contributed by atoms with E-state index in [4.69, 9.17) is 5.73 Å². The van der Waals surface area contributed by atoms with Crippen LogP contribution in [0.25, 0.3) is 0 Å². The number of rotatable bonds is 2. The first-order chi connectivity index (χ1) is 5.59. The van der Waals surface area contributed by atoms with Crippen LogP contribution in [0.1, 0.15) is 0 Å². The highest BCUT2D eigenvalue weighted by Gasteiger charge is 1.97. The molecule has 0 fully saturated rings. The Hall–Kier alpha value is -0.680. The number of halogens is 1. The van der Waals surface area contributed by atoms with Gasteiger partial charge < -0.3 is 10.3 Å². The molecular formula is C7H7BrN2OS. The summed E-state index contributed by atoms with van der Waals surface area (Å²) in [5, 5.41) is 0. The second-order valence-electron chi connectivity index (χ2n) is 2.28. The van der Waals surface area contributed by atoms with E-state index >= 15 is 0 Å². The van der Waals surface area contributed by atoms with Gasteiger partial charge in [0.2, 0.25) is 0 Å². The van der Waals surface area contributed by atoms with Crippen molar-refractivity contribution in [2.45, 2.75) is 6.54 Å². The van der Waals surface area contributed by atoms with Gasteiger partial charge in [-0.3, -0.25) is 4.79 Å². The van der Waals surface area contributed by atoms with E-state index in [0.717, 1.165) is 4.47 Å². The summed E-state index contributed by atoms with van der Waals surface area (Å²) in [4.78, 5) is 11.4. The first kappa shape index (κ1) is 9.41. The molecule has 0 aliphatic heterocycles. The van der Waals surface area contributed by atoms with Crippen molar-refractivity contribution in [2.75, 3.05) is 0 Å². The predicted molar refractivity (Wildman–Crippen MR) is 55.2 cm³/mol. The van der Waals surface area contributed by atoms with Gasteiger partial charge in [-0.05, 0) is 22.0 Å². The van der Waals surface area contributed by atoms with Crippen LogP contribution in [-0.2, 0) is 6.54 Å². The smallest absolute Gasteiger partial charge is 0.250 e. The Labute approximate surface area is 83.3 Å². The summed E-state index contributed by atoms with van der Waals surface area (Å²) >= 11 is 7.93. The largest absolute Gasteiger partial charge is 0.392 e. The lowest BCUT2D eigenvalue weighted by atomic mass is 10.4. The first-order valence-corrected chi connectivity index (χ1v) is 4.44. The zero-order chi connectivity index (χ0) is 9.14. The van der Waals surface area contributed by atoms with Crippen LogP contribution in [-0.4, -0.2) is 9.56 Å². The van der Waals surface area contributed by atoms with Crippen LogP contribution in [0.2, 0.25) is 0 Å². The summed E-state index contributed by atoms with van der Waals surface area (Å²) in [6, 6.07) is 3.14. The zero-order valence-electron chi connectivity index (χ0n) is 6.16. The molecule has 1 aromatic rings. The van der Waals surface area contributed by atoms with Crippen molar-refractivity contribution in [3.63, 3.8) is 0 Å². The highest BCUT2D eigenvalue weighted by atomic mass is 79.9. The van der Waals surface area contributed by atoms with E-state index in [2.05, 4.69) is 28.1 Å². The molecule has 12 heavy (non-hydrogen) atoms. The Bertz CT molecular complexity index is 361. The topological polar surface area (TPSA) is 48.0 Å². The molecule has 0 saturated carbocycles. The van der Waals surface area contributed by atoms with E-state index in [9.17, 15) is 4.79 Å². The number of nitrogens with zero attached hydrogens (tertiary/aromatic N) is 1. The lowest BCUT2D eigenvalue weighted by Crippen LogP contribution is -2.25. The van der Waals surface area contributed by atoms with Crippen LogP contribution in [0.15, 0.2) is 27.6 Å². The van der Waals surface area contributed by atoms with Crippen molar-refractivity contribution in [3.05, 3.63) is 33.2 Å². The minimum Gasteiger partial charge on any atom is -0.392 e. The van der Waals surface area contributed by atoms with E-state index in [1.165, 1.54) is 10.6 Å². The van der Waals surface area contributed by atoms with E-state index in [1.807, 2.05) is 0 Å². The molecule has 0 aromatic carbocycles. The molecule has 1 heterocycles. The third-order valence-corrected chi connectivity index (χ3v) is 1.87. The second-order valence-corrected chi connectivity index (χ2v) is 3.72. The van der Waals surface area contributed by atoms with E-state index in [1.54, 1.807) is 12.3 Å². The standard InChI is InChI=1S/C7H7BrN2OS/c8-5-1-2-7(11)10(3-5)4-6(9)12/h1-3H,4H2,(H2,9,12). The molecule has 0 aliphatic carbocycles. The molecule has 0 bridgehead atoms. The first-order valence-electron chi connectivity index (χ1n) is 3.24. The summed E-state index contributed by atoms with van der Waals surface area (Å²) < 4.78 is 2.28. The Morgan fingerprint density at radius 3 is 2.92 bits per heavy atom. The van der Waals surface area contributed by atoms with Gasteiger partial charge in [0.1, 0.15) is 0 Å². The Morgan fingerprint density at radius 2 is 2.33 bits per heavy atom. The number of thiocarbonyl (C=S) groups is 1. The van der Waals surface area contributed by atoms with Crippen molar-refractivity contribution in [2.24, 2.45) is 5.73 Å². The average Bonchev–Trinajstić information content (AvgIpc) is 1.96. The molecule has 1 aromatic heterocycles. The van der Waals surface area contributed by atoms with Gasteiger partial charge in [-0.15, -0.1) is 0 Å². The molecule has 0 saturated heterocycles. The fourth-order valence-electron chi connectivity index (χ4n) is 0.794. The molecule has 2 N–H and O–H groups in total. The van der Waals surface area contributed by atoms with Crippen molar-refractivity contribution >= 4 is 33.1 Å². The van der Waals surface area contributed by atoms with Crippen molar-refractivity contribution < 1.29 is 0 Å². The minimum absolute atomic E-state index is 0.106. The maximum atomic E-state index is 11.1. The highest BCUT2D eigenvalue weighted by molar-refractivity contribution is 9.10. The molecule has 0 radical (unpaired) electrons. The Kier molecular flexibility index (Phi) is 2.99. The van der Waals surface area contributed by atoms with Crippen LogP contribution < -0.4 is 11.3 Å². The van der Waals surface area contributed by atoms with E-state index in [0.29, 0.717) is 4.99 Å². The Balaban J connectivity index is 3.06. The van der Waals surface area contributed by atoms with Gasteiger partial charge in [-0.1, -0.05) is 12.2 Å². The fraction of sp³-hybridized carbons (Fsp3) is 0.143. The van der Waals surface area contributed by atoms with Crippen molar-refractivity contribution in [1.29, 1.82) is 0 Å². The van der Waals surface area contributed by atoms with E-state index < -0.39 is 0 Å². The van der Waals surface area contributed by atoms with Gasteiger partial charge >= 0.3 is 0 Å². The third-order valence-electron chi connectivity index (χ3n) is 1.27. The third kappa shape index (κ3) is 2.42. The molecule has 1 rings (SSSR count). The van der Waals surface area contributed by atoms with Gasteiger partial charge in [0.25, 0.3) is 5.56 Å². The lowest BCUT2D eigenvalue weighted by Gasteiger charge is -2.02. The zero-order valence-corrected chi connectivity index (χ0v) is 8.56. The summed E-state index contributed by atoms with van der Waals surface area (Å²) in [7, 11) is 0. The summed E-state index contributed by atoms with van der Waals surface area (Å²) in [6.07, 6.45) is 1.65. The molecule has 0 atom stereocenters. The average molecular weight is 247 g/mol. The summed E-state index contributed by atoms with van der Waals surface area (Å²) in [5.41, 5.74) is 5.19. The maximum absolute atomic E-state index is 11.1. The molecular weight excluding hydrogens is 240 g/mol. The monoisotopic (exact) mass is 246 g/mol. The molecule has 0 amide bonds. The SMILES string of the molecule is NC(=S)Cn1cc(Br)ccc1=O.